The largest absolute Gasteiger partial charge is 0.493 e. The highest BCUT2D eigenvalue weighted by molar-refractivity contribution is 5.95. The van der Waals surface area contributed by atoms with Gasteiger partial charge >= 0.3 is 0 Å². The van der Waals surface area contributed by atoms with Crippen LogP contribution in [0.15, 0.2) is 18.2 Å². The van der Waals surface area contributed by atoms with Gasteiger partial charge in [-0.15, -0.1) is 0 Å². The van der Waals surface area contributed by atoms with Crippen LogP contribution in [-0.4, -0.2) is 62.8 Å². The van der Waals surface area contributed by atoms with Crippen molar-refractivity contribution in [3.63, 3.8) is 0 Å². The van der Waals surface area contributed by atoms with Gasteiger partial charge in [0.1, 0.15) is 6.10 Å². The molecule has 150 valence electrons. The molecule has 1 aromatic carbocycles. The van der Waals surface area contributed by atoms with Gasteiger partial charge in [-0.1, -0.05) is 6.92 Å². The molecule has 2 rings (SSSR count). The van der Waals surface area contributed by atoms with Crippen molar-refractivity contribution >= 4 is 11.8 Å². The third-order valence-electron chi connectivity index (χ3n) is 4.80. The van der Waals surface area contributed by atoms with E-state index in [4.69, 9.17) is 14.2 Å². The molecule has 1 heterocycles. The van der Waals surface area contributed by atoms with Crippen LogP contribution in [0, 0.1) is 0 Å². The molecule has 1 aliphatic heterocycles. The van der Waals surface area contributed by atoms with E-state index in [1.165, 1.54) is 0 Å². The topological polar surface area (TPSA) is 77.1 Å². The Morgan fingerprint density at radius 3 is 2.48 bits per heavy atom. The van der Waals surface area contributed by atoms with Crippen LogP contribution in [0.2, 0.25) is 0 Å². The SMILES string of the molecule is CC[C@@H](COC)NC(=O)c1ccc(OC)c(OC2CCN(C(C)=O)CC2)c1. The van der Waals surface area contributed by atoms with Crippen LogP contribution >= 0.6 is 0 Å². The minimum absolute atomic E-state index is 0.00954. The van der Waals surface area contributed by atoms with Gasteiger partial charge in [-0.05, 0) is 24.6 Å². The zero-order valence-electron chi connectivity index (χ0n) is 16.6. The van der Waals surface area contributed by atoms with Crippen LogP contribution in [0.3, 0.4) is 0 Å². The monoisotopic (exact) mass is 378 g/mol. The van der Waals surface area contributed by atoms with Gasteiger partial charge in [-0.3, -0.25) is 9.59 Å². The molecule has 1 atom stereocenters. The number of hydrogen-bond acceptors (Lipinski definition) is 5. The third kappa shape index (κ3) is 5.85. The molecule has 0 bridgehead atoms. The van der Waals surface area contributed by atoms with Gasteiger partial charge in [0.05, 0.1) is 19.8 Å². The number of ether oxygens (including phenoxy) is 3. The van der Waals surface area contributed by atoms with Crippen molar-refractivity contribution in [3.05, 3.63) is 23.8 Å². The lowest BCUT2D eigenvalue weighted by atomic mass is 10.1. The molecule has 0 spiro atoms. The van der Waals surface area contributed by atoms with E-state index in [9.17, 15) is 9.59 Å². The normalized spacial score (nSPS) is 15.9. The molecule has 1 fully saturated rings. The molecule has 7 nitrogen and oxygen atoms in total. The summed E-state index contributed by atoms with van der Waals surface area (Å²) in [4.78, 5) is 25.8. The van der Waals surface area contributed by atoms with Crippen LogP contribution in [0.25, 0.3) is 0 Å². The van der Waals surface area contributed by atoms with E-state index in [0.29, 0.717) is 36.8 Å². The molecule has 1 aromatic rings. The number of hydrogen-bond donors (Lipinski definition) is 1. The Hall–Kier alpha value is -2.28. The smallest absolute Gasteiger partial charge is 0.251 e. The fourth-order valence-electron chi connectivity index (χ4n) is 3.11. The number of amides is 2. The first kappa shape index (κ1) is 21.0. The van der Waals surface area contributed by atoms with E-state index >= 15 is 0 Å². The predicted molar refractivity (Wildman–Crippen MR) is 102 cm³/mol. The highest BCUT2D eigenvalue weighted by atomic mass is 16.5. The number of piperidine rings is 1. The maximum Gasteiger partial charge on any atom is 0.251 e. The molecule has 27 heavy (non-hydrogen) atoms. The summed E-state index contributed by atoms with van der Waals surface area (Å²) < 4.78 is 16.6. The zero-order valence-corrected chi connectivity index (χ0v) is 16.6. The van der Waals surface area contributed by atoms with Crippen molar-refractivity contribution in [3.8, 4) is 11.5 Å². The fraction of sp³-hybridized carbons (Fsp3) is 0.600. The maximum absolute atomic E-state index is 12.5. The molecule has 1 saturated heterocycles. The molecule has 7 heteroatoms. The van der Waals surface area contributed by atoms with Gasteiger partial charge in [0, 0.05) is 45.5 Å². The average molecular weight is 378 g/mol. The molecule has 2 amide bonds. The number of methoxy groups -OCH3 is 2. The molecule has 0 radical (unpaired) electrons. The Labute approximate surface area is 161 Å². The van der Waals surface area contributed by atoms with Crippen LogP contribution in [0.1, 0.15) is 43.5 Å². The molecule has 0 unspecified atom stereocenters. The molecule has 0 aliphatic carbocycles. The Morgan fingerprint density at radius 2 is 1.93 bits per heavy atom. The minimum Gasteiger partial charge on any atom is -0.493 e. The summed E-state index contributed by atoms with van der Waals surface area (Å²) in [6.45, 7) is 5.41. The predicted octanol–water partition coefficient (Wildman–Crippen LogP) is 2.24. The Bertz CT molecular complexity index is 641. The standard InChI is InChI=1S/C20H30N2O5/c1-5-16(13-25-3)21-20(24)15-6-7-18(26-4)19(12-15)27-17-8-10-22(11-9-17)14(2)23/h6-7,12,16-17H,5,8-11,13H2,1-4H3,(H,21,24)/t16-/m0/s1. The summed E-state index contributed by atoms with van der Waals surface area (Å²) >= 11 is 0. The summed E-state index contributed by atoms with van der Waals surface area (Å²) in [5.41, 5.74) is 0.515. The quantitative estimate of drug-likeness (QED) is 0.751. The van der Waals surface area contributed by atoms with E-state index in [-0.39, 0.29) is 24.0 Å². The number of likely N-dealkylation sites (tertiary alicyclic amines) is 1. The van der Waals surface area contributed by atoms with Crippen molar-refractivity contribution in [1.82, 2.24) is 10.2 Å². The van der Waals surface area contributed by atoms with E-state index in [2.05, 4.69) is 5.32 Å². The second-order valence-corrected chi connectivity index (χ2v) is 6.72. The Morgan fingerprint density at radius 1 is 1.22 bits per heavy atom. The average Bonchev–Trinajstić information content (AvgIpc) is 2.67. The first-order chi connectivity index (χ1) is 13.0. The van der Waals surface area contributed by atoms with Gasteiger partial charge in [0.15, 0.2) is 11.5 Å². The van der Waals surface area contributed by atoms with E-state index in [1.54, 1.807) is 39.3 Å². The molecule has 1 aliphatic rings. The van der Waals surface area contributed by atoms with Crippen molar-refractivity contribution in [2.75, 3.05) is 33.9 Å². The number of benzene rings is 1. The Balaban J connectivity index is 2.06. The number of carbonyl (C=O) groups excluding carboxylic acids is 2. The highest BCUT2D eigenvalue weighted by Gasteiger charge is 2.23. The van der Waals surface area contributed by atoms with Crippen molar-refractivity contribution in [1.29, 1.82) is 0 Å². The van der Waals surface area contributed by atoms with Crippen LogP contribution in [0.5, 0.6) is 11.5 Å². The summed E-state index contributed by atoms with van der Waals surface area (Å²) in [7, 11) is 3.19. The lowest BCUT2D eigenvalue weighted by Crippen LogP contribution is -2.40. The summed E-state index contributed by atoms with van der Waals surface area (Å²) in [6.07, 6.45) is 2.29. The zero-order chi connectivity index (χ0) is 19.8. The van der Waals surface area contributed by atoms with Gasteiger partial charge < -0.3 is 24.4 Å². The van der Waals surface area contributed by atoms with Crippen molar-refractivity contribution in [2.24, 2.45) is 0 Å². The lowest BCUT2D eigenvalue weighted by molar-refractivity contribution is -0.130. The molecular weight excluding hydrogens is 348 g/mol. The van der Waals surface area contributed by atoms with Crippen LogP contribution in [0.4, 0.5) is 0 Å². The van der Waals surface area contributed by atoms with Gasteiger partial charge in [0.2, 0.25) is 5.91 Å². The number of carbonyl (C=O) groups is 2. The van der Waals surface area contributed by atoms with Gasteiger partial charge in [-0.2, -0.15) is 0 Å². The third-order valence-corrected chi connectivity index (χ3v) is 4.80. The van der Waals surface area contributed by atoms with Crippen LogP contribution in [-0.2, 0) is 9.53 Å². The summed E-state index contributed by atoms with van der Waals surface area (Å²) in [5, 5.41) is 2.97. The second kappa shape index (κ2) is 10.2. The first-order valence-corrected chi connectivity index (χ1v) is 9.38. The fourth-order valence-corrected chi connectivity index (χ4v) is 3.11. The van der Waals surface area contributed by atoms with Crippen molar-refractivity contribution < 1.29 is 23.8 Å². The molecule has 0 aromatic heterocycles. The molecule has 1 N–H and O–H groups in total. The van der Waals surface area contributed by atoms with E-state index in [0.717, 1.165) is 19.3 Å². The second-order valence-electron chi connectivity index (χ2n) is 6.72. The number of nitrogens with one attached hydrogen (secondary N) is 1. The highest BCUT2D eigenvalue weighted by Crippen LogP contribution is 2.31. The van der Waals surface area contributed by atoms with Crippen molar-refractivity contribution in [2.45, 2.75) is 45.3 Å². The number of rotatable bonds is 8. The van der Waals surface area contributed by atoms with Gasteiger partial charge in [0.25, 0.3) is 5.91 Å². The molecular formula is C20H30N2O5. The lowest BCUT2D eigenvalue weighted by Gasteiger charge is -2.31. The van der Waals surface area contributed by atoms with E-state index < -0.39 is 0 Å². The first-order valence-electron chi connectivity index (χ1n) is 9.38. The van der Waals surface area contributed by atoms with Crippen LogP contribution < -0.4 is 14.8 Å². The summed E-state index contributed by atoms with van der Waals surface area (Å²) in [6, 6.07) is 5.14. The summed E-state index contributed by atoms with van der Waals surface area (Å²) in [5.74, 6) is 1.06. The van der Waals surface area contributed by atoms with E-state index in [1.807, 2.05) is 11.8 Å². The maximum atomic E-state index is 12.5. The number of nitrogens with zero attached hydrogens (tertiary/aromatic N) is 1. The minimum atomic E-state index is -0.169. The van der Waals surface area contributed by atoms with Gasteiger partial charge in [-0.25, -0.2) is 0 Å². The molecule has 0 saturated carbocycles. The Kier molecular flexibility index (Phi) is 7.91.